The van der Waals surface area contributed by atoms with Gasteiger partial charge >= 0.3 is 0 Å². The molecule has 1 aromatic carbocycles. The lowest BCUT2D eigenvalue weighted by Crippen LogP contribution is -1.99. The first-order valence-corrected chi connectivity index (χ1v) is 6.68. The van der Waals surface area contributed by atoms with E-state index >= 15 is 0 Å². The third kappa shape index (κ3) is 1.88. The van der Waals surface area contributed by atoms with Crippen LogP contribution in [0.25, 0.3) is 11.0 Å². The van der Waals surface area contributed by atoms with Crippen molar-refractivity contribution in [2.75, 3.05) is 0 Å². The van der Waals surface area contributed by atoms with Crippen molar-refractivity contribution >= 4 is 27.0 Å². The van der Waals surface area contributed by atoms with Gasteiger partial charge in [0, 0.05) is 7.05 Å². The molecule has 0 aliphatic heterocycles. The zero-order valence-electron chi connectivity index (χ0n) is 10.00. The van der Waals surface area contributed by atoms with E-state index in [9.17, 15) is 0 Å². The van der Waals surface area contributed by atoms with Crippen LogP contribution in [-0.2, 0) is 13.5 Å². The van der Waals surface area contributed by atoms with Gasteiger partial charge in [0.1, 0.15) is 5.82 Å². The molecule has 86 valence electrons. The van der Waals surface area contributed by atoms with E-state index in [-0.39, 0.29) is 0 Å². The molecular formula is C13H17BrN2. The van der Waals surface area contributed by atoms with Gasteiger partial charge in [-0.05, 0) is 30.5 Å². The fourth-order valence-corrected chi connectivity index (χ4v) is 2.36. The SMILES string of the molecule is CCc1ccc2c(c1)nc(C(Br)CC)n2C. The summed E-state index contributed by atoms with van der Waals surface area (Å²) in [6.07, 6.45) is 2.12. The van der Waals surface area contributed by atoms with Crippen molar-refractivity contribution in [3.63, 3.8) is 0 Å². The van der Waals surface area contributed by atoms with Crippen LogP contribution in [0, 0.1) is 0 Å². The molecule has 0 spiro atoms. The second-order valence-corrected chi connectivity index (χ2v) is 5.19. The lowest BCUT2D eigenvalue weighted by molar-refractivity contribution is 0.767. The number of imidazole rings is 1. The summed E-state index contributed by atoms with van der Waals surface area (Å²) < 4.78 is 2.18. The zero-order chi connectivity index (χ0) is 11.7. The van der Waals surface area contributed by atoms with E-state index in [1.54, 1.807) is 0 Å². The summed E-state index contributed by atoms with van der Waals surface area (Å²) in [4.78, 5) is 5.05. The standard InChI is InChI=1S/C13H17BrN2/c1-4-9-6-7-12-11(8-9)15-13(16(12)3)10(14)5-2/h6-8,10H,4-5H2,1-3H3. The Hall–Kier alpha value is -0.830. The monoisotopic (exact) mass is 280 g/mol. The third-order valence-corrected chi connectivity index (χ3v) is 4.08. The maximum atomic E-state index is 4.71. The predicted octanol–water partition coefficient (Wildman–Crippen LogP) is 3.98. The summed E-state index contributed by atoms with van der Waals surface area (Å²) in [6, 6.07) is 6.54. The molecule has 1 aromatic heterocycles. The van der Waals surface area contributed by atoms with E-state index in [0.29, 0.717) is 4.83 Å². The van der Waals surface area contributed by atoms with Gasteiger partial charge in [-0.3, -0.25) is 0 Å². The number of fused-ring (bicyclic) bond motifs is 1. The first-order valence-electron chi connectivity index (χ1n) is 5.76. The molecule has 0 aliphatic rings. The number of alkyl halides is 1. The van der Waals surface area contributed by atoms with Crippen LogP contribution in [0.5, 0.6) is 0 Å². The van der Waals surface area contributed by atoms with Gasteiger partial charge in [-0.1, -0.05) is 35.8 Å². The van der Waals surface area contributed by atoms with Crippen LogP contribution in [0.3, 0.4) is 0 Å². The van der Waals surface area contributed by atoms with Gasteiger partial charge in [-0.25, -0.2) is 4.98 Å². The topological polar surface area (TPSA) is 17.8 Å². The third-order valence-electron chi connectivity index (χ3n) is 3.03. The zero-order valence-corrected chi connectivity index (χ0v) is 11.6. The van der Waals surface area contributed by atoms with Crippen LogP contribution < -0.4 is 0 Å². The van der Waals surface area contributed by atoms with E-state index in [1.807, 2.05) is 0 Å². The van der Waals surface area contributed by atoms with Crippen molar-refractivity contribution in [2.45, 2.75) is 31.5 Å². The van der Waals surface area contributed by atoms with Gasteiger partial charge in [-0.15, -0.1) is 0 Å². The minimum Gasteiger partial charge on any atom is -0.330 e. The van der Waals surface area contributed by atoms with E-state index < -0.39 is 0 Å². The Kier molecular flexibility index (Phi) is 3.33. The Balaban J connectivity index is 2.58. The molecule has 0 aliphatic carbocycles. The minimum absolute atomic E-state index is 0.343. The van der Waals surface area contributed by atoms with Gasteiger partial charge in [0.05, 0.1) is 15.9 Å². The highest BCUT2D eigenvalue weighted by Gasteiger charge is 2.14. The average Bonchev–Trinajstić information content (AvgIpc) is 2.65. The summed E-state index contributed by atoms with van der Waals surface area (Å²) >= 11 is 3.67. The molecule has 0 saturated carbocycles. The first-order chi connectivity index (χ1) is 7.67. The van der Waals surface area contributed by atoms with Crippen LogP contribution in [0.4, 0.5) is 0 Å². The number of halogens is 1. The Morgan fingerprint density at radius 1 is 1.38 bits per heavy atom. The van der Waals surface area contributed by atoms with E-state index in [4.69, 9.17) is 4.98 Å². The molecule has 3 heteroatoms. The number of hydrogen-bond donors (Lipinski definition) is 0. The van der Waals surface area contributed by atoms with Crippen LogP contribution in [0.1, 0.15) is 36.5 Å². The highest BCUT2D eigenvalue weighted by atomic mass is 79.9. The molecule has 1 heterocycles. The maximum absolute atomic E-state index is 4.71. The van der Waals surface area contributed by atoms with Crippen LogP contribution in [-0.4, -0.2) is 9.55 Å². The van der Waals surface area contributed by atoms with E-state index in [1.165, 1.54) is 11.1 Å². The second kappa shape index (κ2) is 4.58. The quantitative estimate of drug-likeness (QED) is 0.778. The van der Waals surface area contributed by atoms with Gasteiger partial charge in [0.2, 0.25) is 0 Å². The van der Waals surface area contributed by atoms with Gasteiger partial charge in [0.15, 0.2) is 0 Å². The molecule has 2 rings (SSSR count). The largest absolute Gasteiger partial charge is 0.330 e. The second-order valence-electron chi connectivity index (χ2n) is 4.08. The van der Waals surface area contributed by atoms with Crippen molar-refractivity contribution in [1.29, 1.82) is 0 Å². The molecule has 0 radical (unpaired) electrons. The molecule has 16 heavy (non-hydrogen) atoms. The number of rotatable bonds is 3. The van der Waals surface area contributed by atoms with Crippen molar-refractivity contribution in [3.05, 3.63) is 29.6 Å². The molecule has 2 aromatic rings. The molecular weight excluding hydrogens is 264 g/mol. The van der Waals surface area contributed by atoms with Gasteiger partial charge in [-0.2, -0.15) is 0 Å². The predicted molar refractivity (Wildman–Crippen MR) is 72.1 cm³/mol. The Morgan fingerprint density at radius 2 is 2.12 bits per heavy atom. The minimum atomic E-state index is 0.343. The Morgan fingerprint density at radius 3 is 2.75 bits per heavy atom. The Bertz CT molecular complexity index is 502. The maximum Gasteiger partial charge on any atom is 0.123 e. The first kappa shape index (κ1) is 11.6. The van der Waals surface area contributed by atoms with E-state index in [0.717, 1.165) is 24.2 Å². The molecule has 0 bridgehead atoms. The van der Waals surface area contributed by atoms with Crippen molar-refractivity contribution in [3.8, 4) is 0 Å². The summed E-state index contributed by atoms with van der Waals surface area (Å²) in [5, 5.41) is 0. The highest BCUT2D eigenvalue weighted by molar-refractivity contribution is 9.09. The smallest absolute Gasteiger partial charge is 0.123 e. The van der Waals surface area contributed by atoms with Crippen molar-refractivity contribution in [1.82, 2.24) is 9.55 Å². The molecule has 0 fully saturated rings. The Labute approximate surface area is 105 Å². The molecule has 0 saturated heterocycles. The van der Waals surface area contributed by atoms with Crippen molar-refractivity contribution < 1.29 is 0 Å². The van der Waals surface area contributed by atoms with Crippen LogP contribution >= 0.6 is 15.9 Å². The summed E-state index contributed by atoms with van der Waals surface area (Å²) in [6.45, 7) is 4.33. The normalized spacial score (nSPS) is 13.2. The fraction of sp³-hybridized carbons (Fsp3) is 0.462. The molecule has 0 amide bonds. The van der Waals surface area contributed by atoms with Crippen molar-refractivity contribution in [2.24, 2.45) is 7.05 Å². The average molecular weight is 281 g/mol. The molecule has 1 unspecified atom stereocenters. The number of nitrogens with zero attached hydrogens (tertiary/aromatic N) is 2. The van der Waals surface area contributed by atoms with Crippen LogP contribution in [0.15, 0.2) is 18.2 Å². The lowest BCUT2D eigenvalue weighted by Gasteiger charge is -2.06. The number of aryl methyl sites for hydroxylation is 2. The lowest BCUT2D eigenvalue weighted by atomic mass is 10.1. The number of aromatic nitrogens is 2. The molecule has 2 nitrogen and oxygen atoms in total. The summed E-state index contributed by atoms with van der Waals surface area (Å²) in [5.41, 5.74) is 3.67. The van der Waals surface area contributed by atoms with Gasteiger partial charge in [0.25, 0.3) is 0 Å². The number of hydrogen-bond acceptors (Lipinski definition) is 1. The summed E-state index contributed by atoms with van der Waals surface area (Å²) in [5.74, 6) is 1.12. The molecule has 0 N–H and O–H groups in total. The summed E-state index contributed by atoms with van der Waals surface area (Å²) in [7, 11) is 2.08. The van der Waals surface area contributed by atoms with Crippen LogP contribution in [0.2, 0.25) is 0 Å². The highest BCUT2D eigenvalue weighted by Crippen LogP contribution is 2.28. The fourth-order valence-electron chi connectivity index (χ4n) is 1.95. The van der Waals surface area contributed by atoms with Gasteiger partial charge < -0.3 is 4.57 Å². The van der Waals surface area contributed by atoms with E-state index in [2.05, 4.69) is 59.6 Å². The molecule has 1 atom stereocenters. The number of benzene rings is 1.